The molecule has 122 valence electrons. The molecule has 1 aliphatic rings. The first-order valence-electron chi connectivity index (χ1n) is 7.79. The maximum Gasteiger partial charge on any atom is 0.224 e. The van der Waals surface area contributed by atoms with Crippen molar-refractivity contribution in [3.8, 4) is 0 Å². The fourth-order valence-electron chi connectivity index (χ4n) is 2.63. The smallest absolute Gasteiger partial charge is 0.224 e. The lowest BCUT2D eigenvalue weighted by molar-refractivity contribution is 0.122. The van der Waals surface area contributed by atoms with Crippen molar-refractivity contribution in [2.75, 3.05) is 36.9 Å². The number of hydrogen-bond donors (Lipinski definition) is 1. The lowest BCUT2D eigenvalue weighted by Crippen LogP contribution is -2.37. The first-order chi connectivity index (χ1) is 11.8. The molecule has 1 fully saturated rings. The quantitative estimate of drug-likeness (QED) is 0.790. The third kappa shape index (κ3) is 3.08. The van der Waals surface area contributed by atoms with Crippen LogP contribution in [-0.4, -0.2) is 41.3 Å². The predicted octanol–water partition coefficient (Wildman–Crippen LogP) is 2.68. The van der Waals surface area contributed by atoms with Gasteiger partial charge in [-0.25, -0.2) is 4.98 Å². The summed E-state index contributed by atoms with van der Waals surface area (Å²) in [7, 11) is 0. The van der Waals surface area contributed by atoms with E-state index in [2.05, 4.69) is 32.0 Å². The van der Waals surface area contributed by atoms with Crippen LogP contribution in [0.25, 0.3) is 22.5 Å². The summed E-state index contributed by atoms with van der Waals surface area (Å²) in [4.78, 5) is 15.5. The second-order valence-corrected chi connectivity index (χ2v) is 6.48. The fourth-order valence-corrected chi connectivity index (χ4v) is 3.56. The summed E-state index contributed by atoms with van der Waals surface area (Å²) in [5, 5.41) is 0.892. The molecule has 0 radical (unpaired) electrons. The van der Waals surface area contributed by atoms with Gasteiger partial charge < -0.3 is 15.4 Å². The highest BCUT2D eigenvalue weighted by molar-refractivity contribution is 7.19. The van der Waals surface area contributed by atoms with E-state index in [4.69, 9.17) is 10.5 Å². The molecule has 1 aliphatic heterocycles. The molecule has 7 heteroatoms. The van der Waals surface area contributed by atoms with Gasteiger partial charge in [-0.1, -0.05) is 36.4 Å². The molecule has 24 heavy (non-hydrogen) atoms. The first-order valence-corrected chi connectivity index (χ1v) is 8.61. The second-order valence-electron chi connectivity index (χ2n) is 5.45. The maximum atomic E-state index is 5.87. The van der Waals surface area contributed by atoms with Gasteiger partial charge in [0.1, 0.15) is 9.71 Å². The van der Waals surface area contributed by atoms with Gasteiger partial charge in [0.05, 0.1) is 13.2 Å². The molecule has 6 nitrogen and oxygen atoms in total. The van der Waals surface area contributed by atoms with E-state index < -0.39 is 0 Å². The van der Waals surface area contributed by atoms with E-state index in [1.165, 1.54) is 0 Å². The monoisotopic (exact) mass is 339 g/mol. The molecule has 0 atom stereocenters. The van der Waals surface area contributed by atoms with Crippen LogP contribution < -0.4 is 10.6 Å². The van der Waals surface area contributed by atoms with Gasteiger partial charge in [0.25, 0.3) is 0 Å². The zero-order valence-electron chi connectivity index (χ0n) is 13.1. The normalized spacial score (nSPS) is 15.4. The minimum atomic E-state index is 0.257. The first kappa shape index (κ1) is 15.0. The number of rotatable bonds is 3. The summed E-state index contributed by atoms with van der Waals surface area (Å²) in [6.45, 7) is 3.01. The Kier molecular flexibility index (Phi) is 4.10. The largest absolute Gasteiger partial charge is 0.378 e. The summed E-state index contributed by atoms with van der Waals surface area (Å²) in [5.41, 5.74) is 7.66. The molecule has 0 bridgehead atoms. The number of nitrogen functional groups attached to an aromatic ring is 1. The molecule has 0 unspecified atom stereocenters. The Morgan fingerprint density at radius 3 is 2.62 bits per heavy atom. The van der Waals surface area contributed by atoms with Crippen LogP contribution in [0.5, 0.6) is 0 Å². The van der Waals surface area contributed by atoms with Crippen molar-refractivity contribution in [3.05, 3.63) is 40.9 Å². The molecule has 2 N–H and O–H groups in total. The highest BCUT2D eigenvalue weighted by atomic mass is 32.1. The number of ether oxygens (including phenoxy) is 1. The van der Waals surface area contributed by atoms with Crippen molar-refractivity contribution in [2.24, 2.45) is 0 Å². The molecule has 3 heterocycles. The van der Waals surface area contributed by atoms with Crippen molar-refractivity contribution in [2.45, 2.75) is 0 Å². The molecule has 0 saturated carbocycles. The summed E-state index contributed by atoms with van der Waals surface area (Å²) >= 11 is 1.58. The van der Waals surface area contributed by atoms with Gasteiger partial charge in [-0.05, 0) is 11.6 Å². The van der Waals surface area contributed by atoms with Crippen molar-refractivity contribution >= 4 is 45.6 Å². The number of hydrogen-bond acceptors (Lipinski definition) is 7. The molecule has 4 rings (SSSR count). The Hall–Kier alpha value is -2.51. The van der Waals surface area contributed by atoms with Gasteiger partial charge in [-0.2, -0.15) is 9.97 Å². The van der Waals surface area contributed by atoms with Crippen LogP contribution in [0.3, 0.4) is 0 Å². The molecule has 0 spiro atoms. The lowest BCUT2D eigenvalue weighted by atomic mass is 10.2. The van der Waals surface area contributed by atoms with E-state index in [0.29, 0.717) is 18.9 Å². The van der Waals surface area contributed by atoms with Crippen LogP contribution in [0.15, 0.2) is 30.3 Å². The Morgan fingerprint density at radius 1 is 1.04 bits per heavy atom. The zero-order valence-corrected chi connectivity index (χ0v) is 13.9. The van der Waals surface area contributed by atoms with Crippen molar-refractivity contribution < 1.29 is 4.74 Å². The number of nitrogens with zero attached hydrogens (tertiary/aromatic N) is 4. The Balaban J connectivity index is 1.70. The molecule has 0 amide bonds. The van der Waals surface area contributed by atoms with E-state index in [-0.39, 0.29) is 5.95 Å². The highest BCUT2D eigenvalue weighted by Gasteiger charge is 2.19. The number of anilines is 2. The van der Waals surface area contributed by atoms with Crippen LogP contribution in [0.1, 0.15) is 10.6 Å². The van der Waals surface area contributed by atoms with Gasteiger partial charge in [-0.15, -0.1) is 11.3 Å². The number of nitrogens with two attached hydrogens (primary N) is 1. The average Bonchev–Trinajstić information content (AvgIpc) is 3.03. The second kappa shape index (κ2) is 6.54. The SMILES string of the molecule is Nc1nc(N2CCOCC2)c2sc(/C=C/c3ccccc3)nc2n1. The van der Waals surface area contributed by atoms with Crippen LogP contribution in [-0.2, 0) is 4.74 Å². The van der Waals surface area contributed by atoms with Crippen molar-refractivity contribution in [3.63, 3.8) is 0 Å². The zero-order chi connectivity index (χ0) is 16.4. The standard InChI is InChI=1S/C17H17N5OS/c18-17-20-15-14(16(21-17)22-8-10-23-11-9-22)24-13(19-15)7-6-12-4-2-1-3-5-12/h1-7H,8-11H2,(H2,18,20,21)/b7-6+. The topological polar surface area (TPSA) is 77.2 Å². The number of aromatic nitrogens is 3. The van der Waals surface area contributed by atoms with Crippen molar-refractivity contribution in [1.29, 1.82) is 0 Å². The van der Waals surface area contributed by atoms with E-state index in [1.54, 1.807) is 11.3 Å². The molecular formula is C17H17N5OS. The number of thiazole rings is 1. The van der Waals surface area contributed by atoms with Crippen LogP contribution >= 0.6 is 11.3 Å². The van der Waals surface area contributed by atoms with E-state index in [1.807, 2.05) is 30.4 Å². The minimum absolute atomic E-state index is 0.257. The third-order valence-corrected chi connectivity index (χ3v) is 4.80. The molecular weight excluding hydrogens is 322 g/mol. The molecule has 1 aromatic carbocycles. The molecule has 3 aromatic rings. The van der Waals surface area contributed by atoms with Crippen molar-refractivity contribution in [1.82, 2.24) is 15.0 Å². The molecule has 0 aliphatic carbocycles. The summed E-state index contributed by atoms with van der Waals surface area (Å²) in [5.74, 6) is 1.12. The van der Waals surface area contributed by atoms with E-state index in [0.717, 1.165) is 34.2 Å². The predicted molar refractivity (Wildman–Crippen MR) is 98.0 cm³/mol. The third-order valence-electron chi connectivity index (χ3n) is 3.80. The summed E-state index contributed by atoms with van der Waals surface area (Å²) < 4.78 is 6.39. The maximum absolute atomic E-state index is 5.87. The highest BCUT2D eigenvalue weighted by Crippen LogP contribution is 2.31. The van der Waals surface area contributed by atoms with Gasteiger partial charge >= 0.3 is 0 Å². The number of morpholine rings is 1. The van der Waals surface area contributed by atoms with Gasteiger partial charge in [0.2, 0.25) is 5.95 Å². The van der Waals surface area contributed by atoms with Crippen LogP contribution in [0.2, 0.25) is 0 Å². The van der Waals surface area contributed by atoms with Gasteiger partial charge in [0, 0.05) is 13.1 Å². The van der Waals surface area contributed by atoms with Gasteiger partial charge in [-0.3, -0.25) is 0 Å². The van der Waals surface area contributed by atoms with Crippen LogP contribution in [0, 0.1) is 0 Å². The molecule has 2 aromatic heterocycles. The van der Waals surface area contributed by atoms with E-state index in [9.17, 15) is 0 Å². The minimum Gasteiger partial charge on any atom is -0.378 e. The Morgan fingerprint density at radius 2 is 1.83 bits per heavy atom. The fraction of sp³-hybridized carbons (Fsp3) is 0.235. The molecule has 1 saturated heterocycles. The van der Waals surface area contributed by atoms with Crippen LogP contribution in [0.4, 0.5) is 11.8 Å². The van der Waals surface area contributed by atoms with Gasteiger partial charge in [0.15, 0.2) is 11.5 Å². The summed E-state index contributed by atoms with van der Waals surface area (Å²) in [6.07, 6.45) is 4.05. The Bertz CT molecular complexity index is 871. The average molecular weight is 339 g/mol. The Labute approximate surface area is 143 Å². The lowest BCUT2D eigenvalue weighted by Gasteiger charge is -2.27. The number of fused-ring (bicyclic) bond motifs is 1. The van der Waals surface area contributed by atoms with E-state index >= 15 is 0 Å². The number of benzene rings is 1. The summed E-state index contributed by atoms with van der Waals surface area (Å²) in [6, 6.07) is 10.1.